The fourth-order valence-corrected chi connectivity index (χ4v) is 3.71. The number of nitrogens with zero attached hydrogens (tertiary/aromatic N) is 3. The van der Waals surface area contributed by atoms with Gasteiger partial charge in [-0.15, -0.1) is 11.3 Å². The summed E-state index contributed by atoms with van der Waals surface area (Å²) in [5.74, 6) is -0.596. The van der Waals surface area contributed by atoms with Crippen molar-refractivity contribution < 1.29 is 9.59 Å². The Kier molecular flexibility index (Phi) is 5.40. The first-order valence-corrected chi connectivity index (χ1v) is 9.40. The zero-order valence-electron chi connectivity index (χ0n) is 13.7. The van der Waals surface area contributed by atoms with Crippen LogP contribution >= 0.6 is 38.9 Å². The maximum Gasteiger partial charge on any atom is 0.289 e. The van der Waals surface area contributed by atoms with Crippen LogP contribution in [-0.4, -0.2) is 26.6 Å². The molecule has 0 unspecified atom stereocenters. The lowest BCUT2D eigenvalue weighted by Crippen LogP contribution is -2.41. The smallest absolute Gasteiger partial charge is 0.266 e. The lowest BCUT2D eigenvalue weighted by molar-refractivity contribution is 0.0846. The largest absolute Gasteiger partial charge is 0.289 e. The molecule has 0 atom stereocenters. The highest BCUT2D eigenvalue weighted by Crippen LogP contribution is 2.22. The first-order chi connectivity index (χ1) is 12.3. The zero-order valence-corrected chi connectivity index (χ0v) is 16.9. The number of amides is 2. The third-order valence-electron chi connectivity index (χ3n) is 3.36. The molecule has 0 aliphatic carbocycles. The SMILES string of the molecule is Cc1cc(C)n(-c2ccc(Cl)c(C(=O)NNC(=O)c3ccc(Br)s3)n2)n1. The summed E-state index contributed by atoms with van der Waals surface area (Å²) in [6.07, 6.45) is 0. The van der Waals surface area contributed by atoms with Crippen LogP contribution in [0.1, 0.15) is 31.5 Å². The van der Waals surface area contributed by atoms with E-state index in [0.717, 1.165) is 15.2 Å². The Labute approximate surface area is 166 Å². The van der Waals surface area contributed by atoms with Crippen LogP contribution in [0.2, 0.25) is 5.02 Å². The van der Waals surface area contributed by atoms with Crippen LogP contribution < -0.4 is 10.9 Å². The summed E-state index contributed by atoms with van der Waals surface area (Å²) in [4.78, 5) is 29.1. The topological polar surface area (TPSA) is 88.9 Å². The molecular formula is C16H13BrClN5O2S. The average Bonchev–Trinajstić information content (AvgIpc) is 3.18. The number of halogens is 2. The Morgan fingerprint density at radius 3 is 2.50 bits per heavy atom. The minimum Gasteiger partial charge on any atom is -0.266 e. The molecule has 26 heavy (non-hydrogen) atoms. The standard InChI is InChI=1S/C16H13BrClN5O2S/c1-8-7-9(2)23(22-8)13-6-3-10(18)14(19-13)16(25)21-20-15(24)11-4-5-12(17)26-11/h3-7H,1-2H3,(H,20,24)(H,21,25). The summed E-state index contributed by atoms with van der Waals surface area (Å²) in [6.45, 7) is 3.75. The van der Waals surface area contributed by atoms with Gasteiger partial charge in [-0.1, -0.05) is 11.6 Å². The van der Waals surface area contributed by atoms with Gasteiger partial charge in [0.15, 0.2) is 11.5 Å². The van der Waals surface area contributed by atoms with Crippen LogP contribution in [0.15, 0.2) is 34.1 Å². The molecule has 0 bridgehead atoms. The third-order valence-corrected chi connectivity index (χ3v) is 5.29. The van der Waals surface area contributed by atoms with Gasteiger partial charge in [-0.3, -0.25) is 20.4 Å². The van der Waals surface area contributed by atoms with Crippen molar-refractivity contribution in [1.29, 1.82) is 0 Å². The highest BCUT2D eigenvalue weighted by Gasteiger charge is 2.17. The Morgan fingerprint density at radius 1 is 1.15 bits per heavy atom. The number of pyridine rings is 1. The molecule has 0 spiro atoms. The highest BCUT2D eigenvalue weighted by molar-refractivity contribution is 9.11. The van der Waals surface area contributed by atoms with Gasteiger partial charge in [-0.25, -0.2) is 9.67 Å². The van der Waals surface area contributed by atoms with E-state index in [1.807, 2.05) is 19.9 Å². The summed E-state index contributed by atoms with van der Waals surface area (Å²) in [5, 5.41) is 4.50. The van der Waals surface area contributed by atoms with E-state index in [1.165, 1.54) is 11.3 Å². The first kappa shape index (κ1) is 18.6. The molecule has 2 amide bonds. The van der Waals surface area contributed by atoms with Crippen molar-refractivity contribution in [2.75, 3.05) is 0 Å². The summed E-state index contributed by atoms with van der Waals surface area (Å²) in [6, 6.07) is 8.52. The van der Waals surface area contributed by atoms with E-state index in [0.29, 0.717) is 10.7 Å². The van der Waals surface area contributed by atoms with Crippen LogP contribution in [0.25, 0.3) is 5.82 Å². The maximum atomic E-state index is 12.4. The number of nitrogens with one attached hydrogen (secondary N) is 2. The second-order valence-corrected chi connectivity index (χ2v) is 8.22. The van der Waals surface area contributed by atoms with E-state index >= 15 is 0 Å². The van der Waals surface area contributed by atoms with E-state index in [1.54, 1.807) is 28.9 Å². The van der Waals surface area contributed by atoms with Crippen molar-refractivity contribution >= 4 is 50.7 Å². The summed E-state index contributed by atoms with van der Waals surface area (Å²) in [7, 11) is 0. The fourth-order valence-electron chi connectivity index (χ4n) is 2.24. The molecule has 3 aromatic heterocycles. The van der Waals surface area contributed by atoms with Gasteiger partial charge < -0.3 is 0 Å². The van der Waals surface area contributed by atoms with Crippen LogP contribution in [-0.2, 0) is 0 Å². The molecule has 2 N–H and O–H groups in total. The molecule has 0 saturated heterocycles. The Morgan fingerprint density at radius 2 is 1.88 bits per heavy atom. The predicted octanol–water partition coefficient (Wildman–Crippen LogP) is 3.44. The summed E-state index contributed by atoms with van der Waals surface area (Å²) in [5.41, 5.74) is 6.36. The quantitative estimate of drug-likeness (QED) is 0.593. The lowest BCUT2D eigenvalue weighted by Gasteiger charge is -2.09. The van der Waals surface area contributed by atoms with Gasteiger partial charge in [0.1, 0.15) is 0 Å². The number of carbonyl (C=O) groups is 2. The maximum absolute atomic E-state index is 12.4. The molecule has 7 nitrogen and oxygen atoms in total. The third kappa shape index (κ3) is 3.95. The number of carbonyl (C=O) groups excluding carboxylic acids is 2. The number of hydrogen-bond donors (Lipinski definition) is 2. The normalized spacial score (nSPS) is 10.6. The number of rotatable bonds is 3. The first-order valence-electron chi connectivity index (χ1n) is 7.41. The van der Waals surface area contributed by atoms with Crippen molar-refractivity contribution in [2.24, 2.45) is 0 Å². The molecule has 134 valence electrons. The monoisotopic (exact) mass is 453 g/mol. The molecule has 0 aliphatic rings. The lowest BCUT2D eigenvalue weighted by atomic mass is 10.3. The van der Waals surface area contributed by atoms with Gasteiger partial charge in [0.25, 0.3) is 11.8 Å². The molecular weight excluding hydrogens is 442 g/mol. The van der Waals surface area contributed by atoms with E-state index in [4.69, 9.17) is 11.6 Å². The molecule has 0 aliphatic heterocycles. The van der Waals surface area contributed by atoms with E-state index in [-0.39, 0.29) is 10.7 Å². The molecule has 0 radical (unpaired) electrons. The number of aromatic nitrogens is 3. The van der Waals surface area contributed by atoms with Crippen LogP contribution in [0, 0.1) is 13.8 Å². The van der Waals surface area contributed by atoms with E-state index in [9.17, 15) is 9.59 Å². The molecule has 0 fully saturated rings. The molecule has 0 aromatic carbocycles. The number of thiophene rings is 1. The minimum atomic E-state index is -0.623. The Balaban J connectivity index is 1.77. The van der Waals surface area contributed by atoms with Gasteiger partial charge in [-0.05, 0) is 60.1 Å². The van der Waals surface area contributed by atoms with E-state index < -0.39 is 11.8 Å². The van der Waals surface area contributed by atoms with Crippen molar-refractivity contribution in [3.63, 3.8) is 0 Å². The van der Waals surface area contributed by atoms with Crippen LogP contribution in [0.3, 0.4) is 0 Å². The van der Waals surface area contributed by atoms with E-state index in [2.05, 4.69) is 36.9 Å². The van der Waals surface area contributed by atoms with Crippen LogP contribution in [0.4, 0.5) is 0 Å². The minimum absolute atomic E-state index is 0.00983. The van der Waals surface area contributed by atoms with Crippen molar-refractivity contribution in [1.82, 2.24) is 25.6 Å². The fraction of sp³-hybridized carbons (Fsp3) is 0.125. The molecule has 0 saturated carbocycles. The molecule has 3 rings (SSSR count). The van der Waals surface area contributed by atoms with Crippen molar-refractivity contribution in [3.05, 3.63) is 61.1 Å². The highest BCUT2D eigenvalue weighted by atomic mass is 79.9. The van der Waals surface area contributed by atoms with Gasteiger partial charge in [0.2, 0.25) is 0 Å². The van der Waals surface area contributed by atoms with Crippen LogP contribution in [0.5, 0.6) is 0 Å². The summed E-state index contributed by atoms with van der Waals surface area (Å²) >= 11 is 10.6. The van der Waals surface area contributed by atoms with Gasteiger partial charge in [0.05, 0.1) is 19.4 Å². The van der Waals surface area contributed by atoms with Gasteiger partial charge in [0, 0.05) is 5.69 Å². The average molecular weight is 455 g/mol. The molecule has 3 heterocycles. The second-order valence-electron chi connectivity index (χ2n) is 5.35. The number of aryl methyl sites for hydroxylation is 2. The van der Waals surface area contributed by atoms with Crippen molar-refractivity contribution in [3.8, 4) is 5.82 Å². The molecule has 3 aromatic rings. The second kappa shape index (κ2) is 7.56. The molecule has 10 heteroatoms. The van der Waals surface area contributed by atoms with Gasteiger partial charge in [-0.2, -0.15) is 5.10 Å². The zero-order chi connectivity index (χ0) is 18.8. The summed E-state index contributed by atoms with van der Waals surface area (Å²) < 4.78 is 2.43. The number of hydrogen-bond acceptors (Lipinski definition) is 5. The Hall–Kier alpha value is -2.23. The number of hydrazine groups is 1. The van der Waals surface area contributed by atoms with Crippen molar-refractivity contribution in [2.45, 2.75) is 13.8 Å². The predicted molar refractivity (Wildman–Crippen MR) is 103 cm³/mol. The Bertz CT molecular complexity index is 1000. The van der Waals surface area contributed by atoms with Gasteiger partial charge >= 0.3 is 0 Å².